The molecule has 2 unspecified atom stereocenters. The first-order chi connectivity index (χ1) is 15.8. The Kier molecular flexibility index (Phi) is 8.42. The molecule has 5 nitrogen and oxygen atoms in total. The highest BCUT2D eigenvalue weighted by molar-refractivity contribution is 6.01. The molecule has 3 rings (SSSR count). The predicted octanol–water partition coefficient (Wildman–Crippen LogP) is 5.50. The third-order valence-electron chi connectivity index (χ3n) is 5.46. The van der Waals surface area contributed by atoms with Gasteiger partial charge in [-0.25, -0.2) is 4.39 Å². The Morgan fingerprint density at radius 2 is 1.82 bits per heavy atom. The lowest BCUT2D eigenvalue weighted by molar-refractivity contribution is -0.146. The fourth-order valence-electron chi connectivity index (χ4n) is 4.03. The zero-order chi connectivity index (χ0) is 24.0. The summed E-state index contributed by atoms with van der Waals surface area (Å²) in [6.45, 7) is 6.38. The van der Waals surface area contributed by atoms with E-state index in [4.69, 9.17) is 4.74 Å². The van der Waals surface area contributed by atoms with E-state index in [0.717, 1.165) is 27.7 Å². The number of aromatic nitrogens is 1. The summed E-state index contributed by atoms with van der Waals surface area (Å²) in [6.07, 6.45) is 2.10. The topological polar surface area (TPSA) is 71.7 Å². The molecule has 0 amide bonds. The van der Waals surface area contributed by atoms with Gasteiger partial charge in [-0.05, 0) is 50.1 Å². The maximum absolute atomic E-state index is 13.6. The van der Waals surface area contributed by atoms with Gasteiger partial charge in [0.05, 0.1) is 25.2 Å². The van der Waals surface area contributed by atoms with E-state index in [1.807, 2.05) is 37.3 Å². The van der Waals surface area contributed by atoms with Gasteiger partial charge in [0, 0.05) is 34.6 Å². The van der Waals surface area contributed by atoms with Crippen LogP contribution in [0.1, 0.15) is 51.8 Å². The molecule has 1 aromatic heterocycles. The van der Waals surface area contributed by atoms with Crippen LogP contribution in [0.4, 0.5) is 4.39 Å². The maximum Gasteiger partial charge on any atom is 0.308 e. The molecule has 33 heavy (non-hydrogen) atoms. The number of para-hydroxylation sites is 1. The van der Waals surface area contributed by atoms with Crippen LogP contribution >= 0.6 is 0 Å². The van der Waals surface area contributed by atoms with E-state index in [2.05, 4.69) is 18.4 Å². The minimum Gasteiger partial charge on any atom is -0.466 e. The van der Waals surface area contributed by atoms with Crippen molar-refractivity contribution in [3.05, 3.63) is 66.1 Å². The van der Waals surface area contributed by atoms with Crippen molar-refractivity contribution in [1.29, 1.82) is 0 Å². The molecule has 0 bridgehead atoms. The van der Waals surface area contributed by atoms with Crippen molar-refractivity contribution < 1.29 is 24.1 Å². The van der Waals surface area contributed by atoms with Crippen molar-refractivity contribution in [3.63, 3.8) is 0 Å². The van der Waals surface area contributed by atoms with Gasteiger partial charge in [-0.2, -0.15) is 0 Å². The summed E-state index contributed by atoms with van der Waals surface area (Å²) in [7, 11) is 0. The summed E-state index contributed by atoms with van der Waals surface area (Å²) in [5.41, 5.74) is 3.75. The summed E-state index contributed by atoms with van der Waals surface area (Å²) in [5.74, 6) is -0.774. The summed E-state index contributed by atoms with van der Waals surface area (Å²) in [5, 5.41) is 21.7. The molecule has 0 radical (unpaired) electrons. The van der Waals surface area contributed by atoms with Gasteiger partial charge in [-0.1, -0.05) is 43.3 Å². The van der Waals surface area contributed by atoms with Crippen molar-refractivity contribution in [2.75, 3.05) is 6.61 Å². The van der Waals surface area contributed by atoms with Crippen LogP contribution in [0, 0.1) is 5.82 Å². The standard InChI is InChI=1S/C27H32FNO4/c1-4-15-33-26(32)17-22(31)16-21(30)13-14-25-27(19-9-11-20(28)12-10-19)23-7-5-6-8-24(23)29(25)18(2)3/h5-14,18,21-22,30-31H,4,15-17H2,1-3H3. The van der Waals surface area contributed by atoms with Gasteiger partial charge in [0.2, 0.25) is 0 Å². The molecule has 6 heteroatoms. The second-order valence-electron chi connectivity index (χ2n) is 8.49. The Morgan fingerprint density at radius 3 is 2.48 bits per heavy atom. The quantitative estimate of drug-likeness (QED) is 0.398. The number of hydrogen-bond acceptors (Lipinski definition) is 4. The maximum atomic E-state index is 13.6. The summed E-state index contributed by atoms with van der Waals surface area (Å²) >= 11 is 0. The molecule has 176 valence electrons. The minimum absolute atomic E-state index is 0.0194. The fraction of sp³-hybridized carbons (Fsp3) is 0.370. The van der Waals surface area contributed by atoms with Crippen molar-refractivity contribution >= 4 is 22.9 Å². The molecule has 3 aromatic rings. The highest BCUT2D eigenvalue weighted by Crippen LogP contribution is 2.38. The smallest absolute Gasteiger partial charge is 0.308 e. The third kappa shape index (κ3) is 6.09. The van der Waals surface area contributed by atoms with Crippen LogP contribution in [-0.2, 0) is 9.53 Å². The van der Waals surface area contributed by atoms with Crippen molar-refractivity contribution in [1.82, 2.24) is 4.57 Å². The second kappa shape index (κ2) is 11.3. The number of carbonyl (C=O) groups excluding carboxylic acids is 1. The molecule has 0 aliphatic rings. The number of aliphatic hydroxyl groups excluding tert-OH is 2. The highest BCUT2D eigenvalue weighted by atomic mass is 19.1. The second-order valence-corrected chi connectivity index (χ2v) is 8.49. The summed E-state index contributed by atoms with van der Waals surface area (Å²) < 4.78 is 20.7. The van der Waals surface area contributed by atoms with E-state index >= 15 is 0 Å². The van der Waals surface area contributed by atoms with Crippen LogP contribution in [0.25, 0.3) is 28.1 Å². The number of hydrogen-bond donors (Lipinski definition) is 2. The number of halogens is 1. The average molecular weight is 454 g/mol. The number of rotatable bonds is 10. The Hall–Kier alpha value is -2.96. The number of esters is 1. The van der Waals surface area contributed by atoms with E-state index < -0.39 is 18.2 Å². The lowest BCUT2D eigenvalue weighted by Gasteiger charge is -2.15. The van der Waals surface area contributed by atoms with Crippen LogP contribution in [0.2, 0.25) is 0 Å². The molecule has 2 N–H and O–H groups in total. The van der Waals surface area contributed by atoms with Crippen molar-refractivity contribution in [2.24, 2.45) is 0 Å². The molecule has 1 heterocycles. The number of benzene rings is 2. The van der Waals surface area contributed by atoms with Crippen molar-refractivity contribution in [3.8, 4) is 11.1 Å². The first kappa shape index (κ1) is 24.7. The van der Waals surface area contributed by atoms with E-state index in [1.165, 1.54) is 12.1 Å². The normalized spacial score (nSPS) is 13.7. The Balaban J connectivity index is 1.92. The van der Waals surface area contributed by atoms with Gasteiger partial charge in [-0.15, -0.1) is 0 Å². The zero-order valence-corrected chi connectivity index (χ0v) is 19.4. The van der Waals surface area contributed by atoms with Gasteiger partial charge >= 0.3 is 5.97 Å². The van der Waals surface area contributed by atoms with Gasteiger partial charge in [0.15, 0.2) is 0 Å². The molecular formula is C27H32FNO4. The lowest BCUT2D eigenvalue weighted by Crippen LogP contribution is -2.21. The van der Waals surface area contributed by atoms with E-state index in [1.54, 1.807) is 18.2 Å². The van der Waals surface area contributed by atoms with Crippen LogP contribution in [0.3, 0.4) is 0 Å². The number of fused-ring (bicyclic) bond motifs is 1. The van der Waals surface area contributed by atoms with Gasteiger partial charge in [0.25, 0.3) is 0 Å². The Labute approximate surface area is 194 Å². The molecule has 2 aromatic carbocycles. The average Bonchev–Trinajstić information content (AvgIpc) is 3.11. The van der Waals surface area contributed by atoms with Crippen LogP contribution in [-0.4, -0.2) is 39.6 Å². The van der Waals surface area contributed by atoms with E-state index in [0.29, 0.717) is 13.0 Å². The lowest BCUT2D eigenvalue weighted by atomic mass is 10.0. The zero-order valence-electron chi connectivity index (χ0n) is 19.4. The Bertz CT molecular complexity index is 1100. The van der Waals surface area contributed by atoms with Crippen LogP contribution in [0.5, 0.6) is 0 Å². The highest BCUT2D eigenvalue weighted by Gasteiger charge is 2.20. The fourth-order valence-corrected chi connectivity index (χ4v) is 4.03. The molecule has 0 aliphatic carbocycles. The van der Waals surface area contributed by atoms with E-state index in [-0.39, 0.29) is 24.7 Å². The number of aliphatic hydroxyl groups is 2. The SMILES string of the molecule is CCCOC(=O)CC(O)CC(O)C=Cc1c(-c2ccc(F)cc2)c2ccccc2n1C(C)C. The first-order valence-corrected chi connectivity index (χ1v) is 11.4. The summed E-state index contributed by atoms with van der Waals surface area (Å²) in [6, 6.07) is 14.5. The number of carbonyl (C=O) groups is 1. The summed E-state index contributed by atoms with van der Waals surface area (Å²) in [4.78, 5) is 11.7. The van der Waals surface area contributed by atoms with Crippen molar-refractivity contribution in [2.45, 2.75) is 58.3 Å². The van der Waals surface area contributed by atoms with Crippen LogP contribution in [0.15, 0.2) is 54.6 Å². The molecule has 0 spiro atoms. The minimum atomic E-state index is -0.999. The molecule has 0 fully saturated rings. The molecule has 0 saturated heterocycles. The number of nitrogens with zero attached hydrogens (tertiary/aromatic N) is 1. The molecule has 0 saturated carbocycles. The molecule has 0 aliphatic heterocycles. The van der Waals surface area contributed by atoms with Gasteiger partial charge in [-0.3, -0.25) is 4.79 Å². The third-order valence-corrected chi connectivity index (χ3v) is 5.46. The monoisotopic (exact) mass is 453 g/mol. The van der Waals surface area contributed by atoms with Gasteiger partial charge < -0.3 is 19.5 Å². The Morgan fingerprint density at radius 1 is 1.12 bits per heavy atom. The van der Waals surface area contributed by atoms with E-state index in [9.17, 15) is 19.4 Å². The predicted molar refractivity (Wildman–Crippen MR) is 129 cm³/mol. The first-order valence-electron chi connectivity index (χ1n) is 11.4. The van der Waals surface area contributed by atoms with Gasteiger partial charge in [0.1, 0.15) is 5.82 Å². The largest absolute Gasteiger partial charge is 0.466 e. The molecule has 2 atom stereocenters. The molecular weight excluding hydrogens is 421 g/mol. The van der Waals surface area contributed by atoms with Crippen LogP contribution < -0.4 is 0 Å². The number of ether oxygens (including phenoxy) is 1.